The fourth-order valence-electron chi connectivity index (χ4n) is 3.27. The number of hydrogen-bond acceptors (Lipinski definition) is 3. The Balaban J connectivity index is 1.77. The Morgan fingerprint density at radius 3 is 2.62 bits per heavy atom. The van der Waals surface area contributed by atoms with Crippen molar-refractivity contribution in [1.82, 2.24) is 0 Å². The van der Waals surface area contributed by atoms with E-state index < -0.39 is 5.92 Å². The van der Waals surface area contributed by atoms with Crippen molar-refractivity contribution in [3.63, 3.8) is 0 Å². The van der Waals surface area contributed by atoms with E-state index in [-0.39, 0.29) is 30.7 Å². The number of amides is 2. The second-order valence-corrected chi connectivity index (χ2v) is 6.77. The lowest BCUT2D eigenvalue weighted by molar-refractivity contribution is -0.122. The third kappa shape index (κ3) is 3.45. The predicted octanol–water partition coefficient (Wildman–Crippen LogP) is 3.67. The van der Waals surface area contributed by atoms with Gasteiger partial charge < -0.3 is 10.2 Å². The Hall–Kier alpha value is -3.13. The molecule has 2 aromatic rings. The van der Waals surface area contributed by atoms with Gasteiger partial charge >= 0.3 is 0 Å². The molecule has 0 spiro atoms. The zero-order valence-corrected chi connectivity index (χ0v) is 14.9. The summed E-state index contributed by atoms with van der Waals surface area (Å²) in [7, 11) is 0. The zero-order chi connectivity index (χ0) is 18.7. The summed E-state index contributed by atoms with van der Waals surface area (Å²) in [5.41, 5.74) is 2.86. The van der Waals surface area contributed by atoms with Crippen LogP contribution in [0.5, 0.6) is 0 Å². The highest BCUT2D eigenvalue weighted by molar-refractivity contribution is 6.04. The molecule has 0 bridgehead atoms. The molecule has 5 heteroatoms. The third-order valence-electron chi connectivity index (χ3n) is 4.65. The van der Waals surface area contributed by atoms with Crippen LogP contribution in [0.15, 0.2) is 48.5 Å². The van der Waals surface area contributed by atoms with Crippen molar-refractivity contribution in [3.8, 4) is 6.07 Å². The summed E-state index contributed by atoms with van der Waals surface area (Å²) < 4.78 is 0. The smallest absolute Gasteiger partial charge is 0.229 e. The average Bonchev–Trinajstić information content (AvgIpc) is 3.03. The second kappa shape index (κ2) is 7.40. The van der Waals surface area contributed by atoms with Gasteiger partial charge in [-0.15, -0.1) is 0 Å². The van der Waals surface area contributed by atoms with Crippen LogP contribution in [0.3, 0.4) is 0 Å². The molecule has 1 N–H and O–H groups in total. The Morgan fingerprint density at radius 1 is 1.19 bits per heavy atom. The molecule has 26 heavy (non-hydrogen) atoms. The van der Waals surface area contributed by atoms with E-state index in [4.69, 9.17) is 0 Å². The summed E-state index contributed by atoms with van der Waals surface area (Å²) >= 11 is 0. The molecule has 0 aliphatic carbocycles. The SMILES string of the molecule is CC(C)c1ccccc1NC(=O)C1CC(=O)N(c2ccccc2C#N)C1. The number of nitrogens with zero attached hydrogens (tertiary/aromatic N) is 2. The van der Waals surface area contributed by atoms with Crippen LogP contribution < -0.4 is 10.2 Å². The maximum absolute atomic E-state index is 12.7. The first-order chi connectivity index (χ1) is 12.5. The molecule has 0 saturated carbocycles. The molecule has 1 aliphatic heterocycles. The van der Waals surface area contributed by atoms with Crippen LogP contribution in [0.25, 0.3) is 0 Å². The van der Waals surface area contributed by atoms with Crippen molar-refractivity contribution >= 4 is 23.2 Å². The van der Waals surface area contributed by atoms with Crippen molar-refractivity contribution in [2.24, 2.45) is 5.92 Å². The highest BCUT2D eigenvalue weighted by Crippen LogP contribution is 2.29. The van der Waals surface area contributed by atoms with E-state index in [2.05, 4.69) is 25.2 Å². The van der Waals surface area contributed by atoms with Gasteiger partial charge in [0.15, 0.2) is 0 Å². The minimum Gasteiger partial charge on any atom is -0.326 e. The molecule has 5 nitrogen and oxygen atoms in total. The number of anilines is 2. The van der Waals surface area contributed by atoms with Crippen molar-refractivity contribution in [2.75, 3.05) is 16.8 Å². The third-order valence-corrected chi connectivity index (χ3v) is 4.65. The number of nitrogens with one attached hydrogen (secondary N) is 1. The number of carbonyl (C=O) groups excluding carboxylic acids is 2. The highest BCUT2D eigenvalue weighted by atomic mass is 16.2. The molecule has 132 valence electrons. The molecule has 0 aromatic heterocycles. The van der Waals surface area contributed by atoms with E-state index in [1.165, 1.54) is 4.90 Å². The topological polar surface area (TPSA) is 73.2 Å². The fourth-order valence-corrected chi connectivity index (χ4v) is 3.27. The second-order valence-electron chi connectivity index (χ2n) is 6.77. The van der Waals surface area contributed by atoms with Gasteiger partial charge in [-0.05, 0) is 29.7 Å². The van der Waals surface area contributed by atoms with Crippen LogP contribution in [-0.4, -0.2) is 18.4 Å². The van der Waals surface area contributed by atoms with Gasteiger partial charge in [0.1, 0.15) is 6.07 Å². The Morgan fingerprint density at radius 2 is 1.88 bits per heavy atom. The maximum atomic E-state index is 12.7. The van der Waals surface area contributed by atoms with Gasteiger partial charge in [-0.1, -0.05) is 44.2 Å². The van der Waals surface area contributed by atoms with Gasteiger partial charge in [0, 0.05) is 18.7 Å². The van der Waals surface area contributed by atoms with Crippen LogP contribution in [0.2, 0.25) is 0 Å². The first kappa shape index (κ1) is 17.7. The highest BCUT2D eigenvalue weighted by Gasteiger charge is 2.36. The molecule has 1 saturated heterocycles. The van der Waals surface area contributed by atoms with Crippen LogP contribution in [0, 0.1) is 17.2 Å². The lowest BCUT2D eigenvalue weighted by Crippen LogP contribution is -2.28. The summed E-state index contributed by atoms with van der Waals surface area (Å²) in [6.45, 7) is 4.43. The molecular formula is C21H21N3O2. The zero-order valence-electron chi connectivity index (χ0n) is 14.9. The largest absolute Gasteiger partial charge is 0.326 e. The molecule has 1 aliphatic rings. The van der Waals surface area contributed by atoms with Gasteiger partial charge in [-0.2, -0.15) is 5.26 Å². The molecule has 0 radical (unpaired) electrons. The van der Waals surface area contributed by atoms with Gasteiger partial charge in [0.25, 0.3) is 0 Å². The van der Waals surface area contributed by atoms with E-state index >= 15 is 0 Å². The normalized spacial score (nSPS) is 16.6. The Kier molecular flexibility index (Phi) is 5.04. The minimum atomic E-state index is -0.436. The van der Waals surface area contributed by atoms with Crippen molar-refractivity contribution in [1.29, 1.82) is 5.26 Å². The molecule has 3 rings (SSSR count). The first-order valence-electron chi connectivity index (χ1n) is 8.70. The van der Waals surface area contributed by atoms with E-state index in [9.17, 15) is 14.9 Å². The van der Waals surface area contributed by atoms with Crippen LogP contribution >= 0.6 is 0 Å². The van der Waals surface area contributed by atoms with Crippen molar-refractivity contribution in [2.45, 2.75) is 26.2 Å². The van der Waals surface area contributed by atoms with Crippen LogP contribution in [0.1, 0.15) is 37.3 Å². The van der Waals surface area contributed by atoms with Gasteiger partial charge in [-0.25, -0.2) is 0 Å². The molecular weight excluding hydrogens is 326 g/mol. The van der Waals surface area contributed by atoms with Gasteiger partial charge in [-0.3, -0.25) is 9.59 Å². The van der Waals surface area contributed by atoms with Gasteiger partial charge in [0.2, 0.25) is 11.8 Å². The summed E-state index contributed by atoms with van der Waals surface area (Å²) in [5.74, 6) is -0.446. The van der Waals surface area contributed by atoms with Crippen molar-refractivity contribution < 1.29 is 9.59 Å². The van der Waals surface area contributed by atoms with E-state index in [0.29, 0.717) is 11.3 Å². The van der Waals surface area contributed by atoms with E-state index in [1.54, 1.807) is 24.3 Å². The standard InChI is InChI=1S/C21H21N3O2/c1-14(2)17-8-4-5-9-18(17)23-21(26)16-11-20(25)24(13-16)19-10-6-3-7-15(19)12-22/h3-10,14,16H,11,13H2,1-2H3,(H,23,26). The van der Waals surface area contributed by atoms with E-state index in [1.807, 2.05) is 24.3 Å². The van der Waals surface area contributed by atoms with Crippen LogP contribution in [-0.2, 0) is 9.59 Å². The average molecular weight is 347 g/mol. The number of para-hydroxylation sites is 2. The lowest BCUT2D eigenvalue weighted by atomic mass is 10.0. The predicted molar refractivity (Wildman–Crippen MR) is 101 cm³/mol. The summed E-state index contributed by atoms with van der Waals surface area (Å²) in [5, 5.41) is 12.2. The number of rotatable bonds is 4. The number of nitriles is 1. The molecule has 1 fully saturated rings. The fraction of sp³-hybridized carbons (Fsp3) is 0.286. The lowest BCUT2D eigenvalue weighted by Gasteiger charge is -2.18. The molecule has 2 amide bonds. The monoisotopic (exact) mass is 347 g/mol. The number of benzene rings is 2. The Labute approximate surface area is 153 Å². The number of carbonyl (C=O) groups is 2. The molecule has 1 unspecified atom stereocenters. The molecule has 2 aromatic carbocycles. The number of hydrogen-bond donors (Lipinski definition) is 1. The minimum absolute atomic E-state index is 0.134. The van der Waals surface area contributed by atoms with Crippen LogP contribution in [0.4, 0.5) is 11.4 Å². The summed E-state index contributed by atoms with van der Waals surface area (Å²) in [6, 6.07) is 16.8. The first-order valence-corrected chi connectivity index (χ1v) is 8.70. The molecule has 1 atom stereocenters. The van der Waals surface area contributed by atoms with Crippen molar-refractivity contribution in [3.05, 3.63) is 59.7 Å². The Bertz CT molecular complexity index is 883. The summed E-state index contributed by atoms with van der Waals surface area (Å²) in [6.07, 6.45) is 0.148. The quantitative estimate of drug-likeness (QED) is 0.917. The molecule has 1 heterocycles. The summed E-state index contributed by atoms with van der Waals surface area (Å²) in [4.78, 5) is 26.7. The van der Waals surface area contributed by atoms with Gasteiger partial charge in [0.05, 0.1) is 17.2 Å². The maximum Gasteiger partial charge on any atom is 0.229 e. The van der Waals surface area contributed by atoms with E-state index in [0.717, 1.165) is 11.3 Å².